The van der Waals surface area contributed by atoms with Crippen LogP contribution in [0, 0.1) is 0 Å². The summed E-state index contributed by atoms with van der Waals surface area (Å²) in [4.78, 5) is 8.48. The molecular formula is C12H16N10. The minimum absolute atomic E-state index is 0.364. The summed E-state index contributed by atoms with van der Waals surface area (Å²) in [6.07, 6.45) is 8.35. The minimum Gasteiger partial charge on any atom is -0.394 e. The van der Waals surface area contributed by atoms with Crippen molar-refractivity contribution < 1.29 is 0 Å². The zero-order valence-electron chi connectivity index (χ0n) is 12.2. The van der Waals surface area contributed by atoms with E-state index in [4.69, 9.17) is 11.6 Å². The first kappa shape index (κ1) is 13.8. The number of hydrogen-bond acceptors (Lipinski definition) is 8. The Kier molecular flexibility index (Phi) is 3.35. The summed E-state index contributed by atoms with van der Waals surface area (Å²) in [6.45, 7) is 0. The van der Waals surface area contributed by atoms with E-state index in [1.165, 1.54) is 11.2 Å². The number of nitrogen functional groups attached to an aromatic ring is 1. The average molecular weight is 300 g/mol. The molecule has 0 aliphatic heterocycles. The molecule has 3 aromatic rings. The Bertz CT molecular complexity index is 789. The van der Waals surface area contributed by atoms with Crippen molar-refractivity contribution in [2.45, 2.75) is 0 Å². The molecule has 0 aliphatic carbocycles. The molecule has 0 amide bonds. The van der Waals surface area contributed by atoms with Crippen LogP contribution in [0.15, 0.2) is 31.0 Å². The molecule has 0 aromatic carbocycles. The van der Waals surface area contributed by atoms with Crippen molar-refractivity contribution in [2.24, 2.45) is 19.9 Å². The molecule has 5 N–H and O–H groups in total. The van der Waals surface area contributed by atoms with Gasteiger partial charge in [0.15, 0.2) is 5.82 Å². The van der Waals surface area contributed by atoms with Gasteiger partial charge in [-0.2, -0.15) is 15.2 Å². The smallest absolute Gasteiger partial charge is 0.229 e. The summed E-state index contributed by atoms with van der Waals surface area (Å²) >= 11 is 0. The Morgan fingerprint density at radius 3 is 2.45 bits per heavy atom. The predicted octanol–water partition coefficient (Wildman–Crippen LogP) is 0.281. The Labute approximate surface area is 126 Å². The van der Waals surface area contributed by atoms with E-state index >= 15 is 0 Å². The molecule has 0 fully saturated rings. The summed E-state index contributed by atoms with van der Waals surface area (Å²) in [5.74, 6) is 6.82. The first-order valence-electron chi connectivity index (χ1n) is 6.44. The number of aromatic nitrogens is 6. The normalized spacial score (nSPS) is 10.7. The first-order valence-corrected chi connectivity index (χ1v) is 6.44. The third-order valence-corrected chi connectivity index (χ3v) is 2.95. The van der Waals surface area contributed by atoms with Crippen molar-refractivity contribution in [2.75, 3.05) is 16.1 Å². The van der Waals surface area contributed by atoms with Crippen LogP contribution in [0.2, 0.25) is 0 Å². The van der Waals surface area contributed by atoms with Crippen molar-refractivity contribution >= 4 is 28.8 Å². The van der Waals surface area contributed by atoms with Crippen LogP contribution in [0.3, 0.4) is 0 Å². The topological polar surface area (TPSA) is 129 Å². The molecule has 0 bridgehead atoms. The van der Waals surface area contributed by atoms with Crippen LogP contribution < -0.4 is 21.9 Å². The molecule has 114 valence electrons. The summed E-state index contributed by atoms with van der Waals surface area (Å²) in [5.41, 5.74) is 7.71. The van der Waals surface area contributed by atoms with Gasteiger partial charge in [-0.05, 0) is 0 Å². The SMILES string of the molecule is Cn1cc(Nc2ncc(N)c(N(N)c3cnn(C)c3)n2)cn1. The summed E-state index contributed by atoms with van der Waals surface area (Å²) in [6, 6.07) is 0. The van der Waals surface area contributed by atoms with Crippen LogP contribution in [0.1, 0.15) is 0 Å². The Hall–Kier alpha value is -3.14. The van der Waals surface area contributed by atoms with E-state index in [2.05, 4.69) is 25.5 Å². The largest absolute Gasteiger partial charge is 0.394 e. The predicted molar refractivity (Wildman–Crippen MR) is 82.5 cm³/mol. The standard InChI is InChI=1S/C12H16N10/c1-20-6-8(3-16-20)18-12-15-5-10(13)11(19-12)22(14)9-4-17-21(2)7-9/h3-7H,13-14H2,1-2H3,(H,15,18,19). The van der Waals surface area contributed by atoms with E-state index in [1.807, 2.05) is 7.05 Å². The Morgan fingerprint density at radius 2 is 1.82 bits per heavy atom. The molecule has 22 heavy (non-hydrogen) atoms. The van der Waals surface area contributed by atoms with E-state index in [1.54, 1.807) is 41.2 Å². The zero-order chi connectivity index (χ0) is 15.7. The van der Waals surface area contributed by atoms with Gasteiger partial charge in [-0.25, -0.2) is 10.8 Å². The minimum atomic E-state index is 0.364. The highest BCUT2D eigenvalue weighted by Gasteiger charge is 2.14. The van der Waals surface area contributed by atoms with Gasteiger partial charge in [0.2, 0.25) is 5.95 Å². The van der Waals surface area contributed by atoms with Crippen LogP contribution in [0.4, 0.5) is 28.8 Å². The van der Waals surface area contributed by atoms with Gasteiger partial charge in [0.1, 0.15) is 0 Å². The first-order chi connectivity index (χ1) is 10.5. The maximum absolute atomic E-state index is 6.06. The maximum Gasteiger partial charge on any atom is 0.229 e. The molecule has 0 aliphatic rings. The summed E-state index contributed by atoms with van der Waals surface area (Å²) in [5, 5.41) is 12.5. The quantitative estimate of drug-likeness (QED) is 0.463. The van der Waals surface area contributed by atoms with Gasteiger partial charge in [-0.3, -0.25) is 14.4 Å². The van der Waals surface area contributed by atoms with Gasteiger partial charge in [0, 0.05) is 26.5 Å². The lowest BCUT2D eigenvalue weighted by molar-refractivity contribution is 0.767. The van der Waals surface area contributed by atoms with Gasteiger partial charge >= 0.3 is 0 Å². The molecule has 3 heterocycles. The molecule has 10 nitrogen and oxygen atoms in total. The van der Waals surface area contributed by atoms with E-state index < -0.39 is 0 Å². The van der Waals surface area contributed by atoms with Crippen LogP contribution in [0.25, 0.3) is 0 Å². The number of nitrogens with zero attached hydrogens (tertiary/aromatic N) is 7. The second kappa shape index (κ2) is 5.33. The molecule has 3 aromatic heterocycles. The highest BCUT2D eigenvalue weighted by Crippen LogP contribution is 2.26. The molecule has 0 radical (unpaired) electrons. The van der Waals surface area contributed by atoms with Gasteiger partial charge in [-0.1, -0.05) is 0 Å². The third kappa shape index (κ3) is 2.67. The number of hydrazine groups is 1. The zero-order valence-corrected chi connectivity index (χ0v) is 12.2. The average Bonchev–Trinajstić information content (AvgIpc) is 3.09. The van der Waals surface area contributed by atoms with Crippen molar-refractivity contribution in [1.82, 2.24) is 29.5 Å². The number of rotatable bonds is 4. The molecule has 0 unspecified atom stereocenters. The Balaban J connectivity index is 1.89. The van der Waals surface area contributed by atoms with Crippen LogP contribution in [-0.2, 0) is 14.1 Å². The van der Waals surface area contributed by atoms with Crippen LogP contribution in [0.5, 0.6) is 0 Å². The highest BCUT2D eigenvalue weighted by molar-refractivity contribution is 5.70. The summed E-state index contributed by atoms with van der Waals surface area (Å²) < 4.78 is 3.31. The number of anilines is 5. The van der Waals surface area contributed by atoms with E-state index in [0.29, 0.717) is 23.1 Å². The lowest BCUT2D eigenvalue weighted by Crippen LogP contribution is -2.27. The number of nitrogens with one attached hydrogen (secondary N) is 1. The van der Waals surface area contributed by atoms with Crippen molar-refractivity contribution in [3.63, 3.8) is 0 Å². The lowest BCUT2D eigenvalue weighted by Gasteiger charge is -2.17. The molecule has 0 atom stereocenters. The van der Waals surface area contributed by atoms with Crippen LogP contribution in [-0.4, -0.2) is 29.5 Å². The molecule has 3 rings (SSSR count). The van der Waals surface area contributed by atoms with Gasteiger partial charge in [-0.15, -0.1) is 0 Å². The van der Waals surface area contributed by atoms with E-state index in [0.717, 1.165) is 5.69 Å². The molecule has 0 spiro atoms. The molecule has 0 saturated heterocycles. The van der Waals surface area contributed by atoms with E-state index in [9.17, 15) is 0 Å². The number of aryl methyl sites for hydroxylation is 2. The fraction of sp³-hybridized carbons (Fsp3) is 0.167. The second-order valence-electron chi connectivity index (χ2n) is 4.74. The van der Waals surface area contributed by atoms with Gasteiger partial charge in [0.25, 0.3) is 0 Å². The molecule has 0 saturated carbocycles. The number of hydrogen-bond donors (Lipinski definition) is 3. The van der Waals surface area contributed by atoms with Gasteiger partial charge < -0.3 is 11.1 Å². The molecule has 10 heteroatoms. The van der Waals surface area contributed by atoms with E-state index in [-0.39, 0.29) is 0 Å². The van der Waals surface area contributed by atoms with Gasteiger partial charge in [0.05, 0.1) is 35.7 Å². The van der Waals surface area contributed by atoms with Crippen molar-refractivity contribution in [1.29, 1.82) is 0 Å². The fourth-order valence-electron chi connectivity index (χ4n) is 1.91. The monoisotopic (exact) mass is 300 g/mol. The van der Waals surface area contributed by atoms with Crippen molar-refractivity contribution in [3.8, 4) is 0 Å². The lowest BCUT2D eigenvalue weighted by atomic mass is 10.4. The third-order valence-electron chi connectivity index (χ3n) is 2.95. The van der Waals surface area contributed by atoms with Crippen LogP contribution >= 0.6 is 0 Å². The number of nitrogens with two attached hydrogens (primary N) is 2. The second-order valence-corrected chi connectivity index (χ2v) is 4.74. The van der Waals surface area contributed by atoms with Crippen molar-refractivity contribution in [3.05, 3.63) is 31.0 Å². The maximum atomic E-state index is 6.06. The Morgan fingerprint density at radius 1 is 1.09 bits per heavy atom. The fourth-order valence-corrected chi connectivity index (χ4v) is 1.91. The summed E-state index contributed by atoms with van der Waals surface area (Å²) in [7, 11) is 3.63. The molecular weight excluding hydrogens is 284 g/mol. The highest BCUT2D eigenvalue weighted by atomic mass is 15.5.